The summed E-state index contributed by atoms with van der Waals surface area (Å²) in [5, 5.41) is 84.3. The van der Waals surface area contributed by atoms with Crippen LogP contribution in [-0.2, 0) is 86.4 Å². The van der Waals surface area contributed by atoms with E-state index in [2.05, 4.69) is 84.7 Å². The van der Waals surface area contributed by atoms with Crippen LogP contribution in [0.25, 0.3) is 10.9 Å². The second-order valence-corrected chi connectivity index (χ2v) is 33.0. The fourth-order valence-corrected chi connectivity index (χ4v) is 14.5. The van der Waals surface area contributed by atoms with Crippen molar-refractivity contribution in [2.45, 2.75) is 242 Å². The van der Waals surface area contributed by atoms with Crippen LogP contribution in [0.15, 0.2) is 85.1 Å². The summed E-state index contributed by atoms with van der Waals surface area (Å²) in [6.45, 7) is 9.96. The number of amides is 13. The van der Waals surface area contributed by atoms with Crippen LogP contribution in [0.5, 0.6) is 5.75 Å². The van der Waals surface area contributed by atoms with Crippen molar-refractivity contribution >= 4 is 112 Å². The van der Waals surface area contributed by atoms with Crippen LogP contribution in [0.2, 0.25) is 0 Å². The van der Waals surface area contributed by atoms with E-state index in [0.717, 1.165) is 10.9 Å². The molecule has 3 aromatic carbocycles. The molecule has 1 aliphatic heterocycles. The maximum absolute atomic E-state index is 15.3. The number of carboxylic acids is 1. The lowest BCUT2D eigenvalue weighted by molar-refractivity contribution is -0.143. The first-order chi connectivity index (χ1) is 60.9. The Bertz CT molecular complexity index is 4340. The minimum Gasteiger partial charge on any atom is -0.508 e. The minimum absolute atomic E-state index is 0.00689. The Morgan fingerprint density at radius 2 is 0.898 bits per heavy atom. The van der Waals surface area contributed by atoms with Gasteiger partial charge < -0.3 is 134 Å². The number of nitrogens with one attached hydrogen (secondary N) is 19. The van der Waals surface area contributed by atoms with Crippen LogP contribution in [0.4, 0.5) is 0 Å². The molecule has 0 bridgehead atoms. The Kier molecular flexibility index (Phi) is 46.0. The molecule has 0 unspecified atom stereocenters. The zero-order chi connectivity index (χ0) is 94.5. The van der Waals surface area contributed by atoms with E-state index in [1.165, 1.54) is 17.0 Å². The smallest absolute Gasteiger partial charge is 0.326 e. The van der Waals surface area contributed by atoms with Crippen molar-refractivity contribution in [3.05, 3.63) is 102 Å². The molecule has 0 saturated carbocycles. The van der Waals surface area contributed by atoms with Crippen molar-refractivity contribution < 1.29 is 77.3 Å². The fraction of sp³-hybridized carbons (Fsp3) is 0.570. The molecule has 128 heavy (non-hydrogen) atoms. The van der Waals surface area contributed by atoms with Crippen molar-refractivity contribution in [1.29, 1.82) is 16.2 Å². The number of aromatic hydroxyl groups is 1. The number of nitrogens with zero attached hydrogens (tertiary/aromatic N) is 1. The molecular formula is C86H136N26O16. The van der Waals surface area contributed by atoms with Crippen molar-refractivity contribution in [2.24, 2.45) is 52.2 Å². The summed E-state index contributed by atoms with van der Waals surface area (Å²) in [6.07, 6.45) is 3.74. The molecule has 42 heteroatoms. The number of fused-ring (bicyclic) bond motifs is 1. The highest BCUT2D eigenvalue weighted by Gasteiger charge is 2.42. The number of para-hydroxylation sites is 1. The standard InChI is InChI=1S/C86H136N26O16/c1-7-51(6)71(81(125)107-63(29-19-39-98-86(94)95)82(126)112-40-20-30-68(112)80(124)106-60(26-14-16-36-88)74(118)108-64(41-49(2)3)77(121)104-59(25-13-15-35-87)75(119)110-67(83(127)128)45-54-46-99-58-24-12-11-23-56(54)58)111-76(120)62(28-18-38-97-85(92)93)103-73(117)61(27-17-37-96-84(90)91)105-78(122)65(42-50(4)5)109-79(123)66(44-52-21-9-8-10-22-52)102-70(115)48-100-69(114)47-101-72(116)57(89)43-53-31-33-55(113)34-32-53/h8-12,21-24,31-34,46,49-51,57,59-68,71,99,113H,7,13-20,25-30,35-45,47-48,87-89H2,1-6H3,(H,100,114)(H,101,116)(H,102,115)(H,103,117)(H,104,121)(H,105,122)(H,106,124)(H,107,125)(H,108,118)(H,109,123)(H,110,119)(H,111,120)(H,127,128)(H4,90,91,96)(H4,92,93,97)(H4,94,95,98)/t51-,57-,59-,60-,61-,62-,63-,64-,65-,66-,67-,68-,71-/m0/s1. The molecule has 1 fully saturated rings. The predicted octanol–water partition coefficient (Wildman–Crippen LogP) is -2.43. The van der Waals surface area contributed by atoms with Gasteiger partial charge in [0.05, 0.1) is 19.1 Å². The van der Waals surface area contributed by atoms with Gasteiger partial charge in [0.15, 0.2) is 17.9 Å². The molecule has 33 N–H and O–H groups in total. The van der Waals surface area contributed by atoms with E-state index in [4.69, 9.17) is 50.6 Å². The second kappa shape index (κ2) is 55.7. The molecule has 5 rings (SSSR count). The number of hydrogen-bond donors (Lipinski definition) is 27. The van der Waals surface area contributed by atoms with Crippen LogP contribution < -0.4 is 114 Å². The summed E-state index contributed by atoms with van der Waals surface area (Å²) in [6, 6.07) is 5.73. The average molecular weight is 1790 g/mol. The van der Waals surface area contributed by atoms with E-state index < -0.39 is 186 Å². The molecular weight excluding hydrogens is 1650 g/mol. The summed E-state index contributed by atoms with van der Waals surface area (Å²) in [5.74, 6) is -14.1. The number of phenolic OH excluding ortho intramolecular Hbond substituents is 1. The normalized spacial score (nSPS) is 15.2. The van der Waals surface area contributed by atoms with E-state index in [1.807, 2.05) is 32.0 Å². The van der Waals surface area contributed by atoms with E-state index in [0.29, 0.717) is 48.8 Å². The molecule has 2 heterocycles. The lowest BCUT2D eigenvalue weighted by Gasteiger charge is -2.32. The first kappa shape index (κ1) is 106. The zero-order valence-corrected chi connectivity index (χ0v) is 74.1. The van der Waals surface area contributed by atoms with E-state index in [9.17, 15) is 63.0 Å². The van der Waals surface area contributed by atoms with E-state index >= 15 is 14.4 Å². The van der Waals surface area contributed by atoms with Crippen LogP contribution in [-0.4, -0.2) is 246 Å². The fourth-order valence-electron chi connectivity index (χ4n) is 14.5. The van der Waals surface area contributed by atoms with E-state index in [-0.39, 0.29) is 159 Å². The molecule has 0 aliphatic carbocycles. The molecule has 0 radical (unpaired) electrons. The van der Waals surface area contributed by atoms with Gasteiger partial charge >= 0.3 is 5.97 Å². The number of carboxylic acid groups (broad SMARTS) is 1. The van der Waals surface area contributed by atoms with Gasteiger partial charge in [0.25, 0.3) is 0 Å². The van der Waals surface area contributed by atoms with Gasteiger partial charge in [-0.2, -0.15) is 0 Å². The van der Waals surface area contributed by atoms with Crippen molar-refractivity contribution in [3.63, 3.8) is 0 Å². The Hall–Kier alpha value is -12.7. The Morgan fingerprint density at radius 1 is 0.461 bits per heavy atom. The van der Waals surface area contributed by atoms with Gasteiger partial charge in [-0.1, -0.05) is 109 Å². The highest BCUT2D eigenvalue weighted by molar-refractivity contribution is 6.00. The number of carbonyl (C=O) groups is 14. The summed E-state index contributed by atoms with van der Waals surface area (Å²) in [4.78, 5) is 204. The second-order valence-electron chi connectivity index (χ2n) is 33.0. The van der Waals surface area contributed by atoms with Gasteiger partial charge in [0, 0.05) is 56.1 Å². The lowest BCUT2D eigenvalue weighted by atomic mass is 9.96. The number of carbonyl (C=O) groups excluding carboxylic acids is 13. The number of rotatable bonds is 58. The first-order valence-electron chi connectivity index (χ1n) is 43.8. The van der Waals surface area contributed by atoms with Gasteiger partial charge in [-0.15, -0.1) is 0 Å². The topological polar surface area (TPSA) is 707 Å². The van der Waals surface area contributed by atoms with Crippen LogP contribution in [0.1, 0.15) is 167 Å². The number of aliphatic carboxylic acids is 1. The predicted molar refractivity (Wildman–Crippen MR) is 481 cm³/mol. The number of guanidine groups is 3. The number of nitrogens with two attached hydrogens (primary N) is 6. The lowest BCUT2D eigenvalue weighted by Crippen LogP contribution is -2.61. The van der Waals surface area contributed by atoms with Gasteiger partial charge in [0.1, 0.15) is 72.2 Å². The third-order valence-electron chi connectivity index (χ3n) is 21.6. The highest BCUT2D eigenvalue weighted by atomic mass is 16.4. The molecule has 13 atom stereocenters. The van der Waals surface area contributed by atoms with Crippen LogP contribution in [0.3, 0.4) is 0 Å². The number of aromatic amines is 1. The summed E-state index contributed by atoms with van der Waals surface area (Å²) >= 11 is 0. The third-order valence-corrected chi connectivity index (χ3v) is 21.6. The van der Waals surface area contributed by atoms with Crippen LogP contribution in [0, 0.1) is 34.0 Å². The molecule has 706 valence electrons. The zero-order valence-electron chi connectivity index (χ0n) is 74.1. The number of aromatic nitrogens is 1. The quantitative estimate of drug-likeness (QED) is 0.0124. The van der Waals surface area contributed by atoms with Gasteiger partial charge in [0.2, 0.25) is 76.8 Å². The third kappa shape index (κ3) is 37.8. The maximum atomic E-state index is 15.3. The summed E-state index contributed by atoms with van der Waals surface area (Å²) < 4.78 is 0. The monoisotopic (exact) mass is 1790 g/mol. The molecule has 42 nitrogen and oxygen atoms in total. The van der Waals surface area contributed by atoms with E-state index in [1.54, 1.807) is 82.4 Å². The number of likely N-dealkylation sites (tertiary alicyclic amines) is 1. The SMILES string of the molecule is CC[C@H](C)[C@H](NC(=O)[C@H](CCCNC(=N)N)NC(=O)[C@H](CCCNC(=N)N)NC(=O)[C@H](CC(C)C)NC(=O)[C@H](Cc1ccccc1)NC(=O)CNC(=O)CNC(=O)[C@@H](N)Cc1ccc(O)cc1)C(=O)N[C@@H](CCCNC(=N)N)C(=O)N1CCC[C@H]1C(=O)N[C@@H](CCCCN)C(=O)N[C@@H](CC(C)C)C(=O)N[C@@H](CCCCN)C(=O)N[C@@H](Cc1c[nH]c2ccccc12)C(=O)O. The summed E-state index contributed by atoms with van der Waals surface area (Å²) in [5.41, 5.74) is 37.3. The molecule has 1 saturated heterocycles. The van der Waals surface area contributed by atoms with Crippen molar-refractivity contribution in [2.75, 3.05) is 52.4 Å². The first-order valence-corrected chi connectivity index (χ1v) is 43.8. The Labute approximate surface area is 745 Å². The molecule has 13 amide bonds. The van der Waals surface area contributed by atoms with Crippen LogP contribution >= 0.6 is 0 Å². The number of H-pyrrole nitrogens is 1. The van der Waals surface area contributed by atoms with Crippen molar-refractivity contribution in [3.8, 4) is 5.75 Å². The number of phenols is 1. The largest absolute Gasteiger partial charge is 0.508 e. The van der Waals surface area contributed by atoms with Crippen molar-refractivity contribution in [1.82, 2.24) is 89.6 Å². The van der Waals surface area contributed by atoms with Gasteiger partial charge in [-0.25, -0.2) is 4.79 Å². The average Bonchev–Trinajstić information content (AvgIpc) is 1.63. The summed E-state index contributed by atoms with van der Waals surface area (Å²) in [7, 11) is 0. The highest BCUT2D eigenvalue weighted by Crippen LogP contribution is 2.24. The number of benzene rings is 3. The van der Waals surface area contributed by atoms with Gasteiger partial charge in [-0.05, 0) is 175 Å². The Morgan fingerprint density at radius 3 is 1.40 bits per heavy atom. The maximum Gasteiger partial charge on any atom is 0.326 e. The molecule has 4 aromatic rings. The molecule has 1 aromatic heterocycles. The molecule has 1 aliphatic rings. The molecule has 0 spiro atoms. The number of hydrogen-bond acceptors (Lipinski definition) is 21. The Balaban J connectivity index is 1.37. The number of unbranched alkanes of at least 4 members (excludes halogenated alkanes) is 2. The minimum atomic E-state index is -1.51. The van der Waals surface area contributed by atoms with Gasteiger partial charge in [-0.3, -0.25) is 78.6 Å².